The van der Waals surface area contributed by atoms with Crippen LogP contribution in [-0.4, -0.2) is 57.6 Å². The number of ether oxygens (including phenoxy) is 1. The van der Waals surface area contributed by atoms with Crippen LogP contribution in [0, 0.1) is 6.92 Å². The van der Waals surface area contributed by atoms with Crippen molar-refractivity contribution in [1.29, 1.82) is 0 Å². The van der Waals surface area contributed by atoms with E-state index in [4.69, 9.17) is 4.74 Å². The van der Waals surface area contributed by atoms with Gasteiger partial charge in [0.2, 0.25) is 0 Å². The maximum absolute atomic E-state index is 12.7. The lowest BCUT2D eigenvalue weighted by molar-refractivity contribution is 0.101. The number of hydrogen-bond donors (Lipinski definition) is 2. The van der Waals surface area contributed by atoms with E-state index in [1.54, 1.807) is 43.5 Å². The van der Waals surface area contributed by atoms with Gasteiger partial charge in [0.05, 0.1) is 7.11 Å². The zero-order valence-electron chi connectivity index (χ0n) is 23.1. The van der Waals surface area contributed by atoms with Gasteiger partial charge in [0.1, 0.15) is 5.75 Å². The van der Waals surface area contributed by atoms with E-state index in [-0.39, 0.29) is 11.8 Å². The van der Waals surface area contributed by atoms with Crippen molar-refractivity contribution in [3.05, 3.63) is 83.4 Å². The van der Waals surface area contributed by atoms with E-state index in [0.29, 0.717) is 28.3 Å². The topological polar surface area (TPSA) is 73.9 Å². The zero-order chi connectivity index (χ0) is 27.4. The first-order chi connectivity index (χ1) is 17.7. The number of hydrogen-bond acceptors (Lipinski definition) is 5. The second-order valence-electron chi connectivity index (χ2n) is 8.73. The van der Waals surface area contributed by atoms with Crippen molar-refractivity contribution in [2.45, 2.75) is 27.7 Å². The standard InChI is InChI=1S/C24H25N3O3.C6H15N/c1-16-11-12-18(23(28)25-19-8-6-9-20(15-19)27(2)3)14-22(16)26-24(29)17-7-5-10-21(13-17)30-4;1-4-7(5-2)6-3/h5-15H,1-4H3,(H,25,28)(H,26,29);4-6H2,1-3H3. The number of nitrogens with one attached hydrogen (secondary N) is 2. The van der Waals surface area contributed by atoms with Crippen LogP contribution in [0.5, 0.6) is 5.75 Å². The molecule has 0 fully saturated rings. The number of amides is 2. The fourth-order valence-electron chi connectivity index (χ4n) is 3.59. The van der Waals surface area contributed by atoms with Crippen molar-refractivity contribution >= 4 is 28.9 Å². The van der Waals surface area contributed by atoms with Gasteiger partial charge in [0.25, 0.3) is 11.8 Å². The lowest BCUT2D eigenvalue weighted by atomic mass is 10.1. The first-order valence-corrected chi connectivity index (χ1v) is 12.6. The minimum atomic E-state index is -0.270. The Morgan fingerprint density at radius 3 is 2.00 bits per heavy atom. The Kier molecular flexibility index (Phi) is 11.6. The van der Waals surface area contributed by atoms with Crippen molar-refractivity contribution in [3.63, 3.8) is 0 Å². The SMILES string of the molecule is CCN(CC)CC.COc1cccc(C(=O)Nc2cc(C(=O)Nc3cccc(N(C)C)c3)ccc2C)c1. The van der Waals surface area contributed by atoms with Gasteiger partial charge in [-0.1, -0.05) is 39.0 Å². The summed E-state index contributed by atoms with van der Waals surface area (Å²) >= 11 is 0. The van der Waals surface area contributed by atoms with Crippen LogP contribution < -0.4 is 20.3 Å². The molecule has 0 aliphatic carbocycles. The van der Waals surface area contributed by atoms with Crippen LogP contribution in [-0.2, 0) is 0 Å². The van der Waals surface area contributed by atoms with Crippen molar-refractivity contribution in [2.24, 2.45) is 0 Å². The molecule has 0 atom stereocenters. The molecule has 198 valence electrons. The highest BCUT2D eigenvalue weighted by atomic mass is 16.5. The predicted octanol–water partition coefficient (Wildman–Crippen LogP) is 5.92. The van der Waals surface area contributed by atoms with E-state index in [0.717, 1.165) is 11.3 Å². The van der Waals surface area contributed by atoms with Crippen molar-refractivity contribution in [3.8, 4) is 5.75 Å². The van der Waals surface area contributed by atoms with E-state index in [1.807, 2.05) is 56.3 Å². The molecular weight excluding hydrogens is 464 g/mol. The lowest BCUT2D eigenvalue weighted by Gasteiger charge is -2.14. The van der Waals surface area contributed by atoms with E-state index in [9.17, 15) is 9.59 Å². The Morgan fingerprint density at radius 1 is 0.784 bits per heavy atom. The third kappa shape index (κ3) is 8.95. The summed E-state index contributed by atoms with van der Waals surface area (Å²) in [6, 6.07) is 19.7. The number of aryl methyl sites for hydroxylation is 1. The fraction of sp³-hybridized carbons (Fsp3) is 0.333. The Morgan fingerprint density at radius 2 is 1.41 bits per heavy atom. The molecule has 0 radical (unpaired) electrons. The van der Waals surface area contributed by atoms with Crippen LogP contribution in [0.1, 0.15) is 47.1 Å². The van der Waals surface area contributed by atoms with Crippen LogP contribution in [0.2, 0.25) is 0 Å². The average Bonchev–Trinajstić information content (AvgIpc) is 2.91. The molecule has 3 aromatic carbocycles. The summed E-state index contributed by atoms with van der Waals surface area (Å²) in [6.45, 7) is 12.0. The molecule has 2 N–H and O–H groups in total. The van der Waals surface area contributed by atoms with Gasteiger partial charge in [0, 0.05) is 42.3 Å². The fourth-order valence-corrected chi connectivity index (χ4v) is 3.59. The third-order valence-corrected chi connectivity index (χ3v) is 6.04. The van der Waals surface area contributed by atoms with E-state index >= 15 is 0 Å². The van der Waals surface area contributed by atoms with Gasteiger partial charge in [-0.3, -0.25) is 9.59 Å². The maximum Gasteiger partial charge on any atom is 0.255 e. The predicted molar refractivity (Wildman–Crippen MR) is 154 cm³/mol. The molecular formula is C30H40N4O3. The van der Waals surface area contributed by atoms with Crippen molar-refractivity contribution in [2.75, 3.05) is 56.4 Å². The molecule has 0 aliphatic heterocycles. The largest absolute Gasteiger partial charge is 0.497 e. The zero-order valence-corrected chi connectivity index (χ0v) is 23.1. The Hall–Kier alpha value is -3.84. The van der Waals surface area contributed by atoms with E-state index < -0.39 is 0 Å². The Labute approximate surface area is 221 Å². The van der Waals surface area contributed by atoms with Crippen LogP contribution in [0.3, 0.4) is 0 Å². The molecule has 37 heavy (non-hydrogen) atoms. The first-order valence-electron chi connectivity index (χ1n) is 12.6. The van der Waals surface area contributed by atoms with Crippen LogP contribution in [0.4, 0.5) is 17.1 Å². The van der Waals surface area contributed by atoms with Gasteiger partial charge < -0.3 is 25.2 Å². The van der Waals surface area contributed by atoms with Crippen molar-refractivity contribution in [1.82, 2.24) is 4.90 Å². The lowest BCUT2D eigenvalue weighted by Crippen LogP contribution is -2.21. The molecule has 0 aromatic heterocycles. The number of anilines is 3. The van der Waals surface area contributed by atoms with Crippen LogP contribution in [0.25, 0.3) is 0 Å². The van der Waals surface area contributed by atoms with Gasteiger partial charge in [0.15, 0.2) is 0 Å². The van der Waals surface area contributed by atoms with Crippen LogP contribution >= 0.6 is 0 Å². The summed E-state index contributed by atoms with van der Waals surface area (Å²) in [6.07, 6.45) is 0. The second-order valence-corrected chi connectivity index (χ2v) is 8.73. The summed E-state index contributed by atoms with van der Waals surface area (Å²) in [5, 5.41) is 5.79. The Bertz CT molecular complexity index is 1170. The average molecular weight is 505 g/mol. The second kappa shape index (κ2) is 14.7. The van der Waals surface area contributed by atoms with E-state index in [2.05, 4.69) is 36.3 Å². The maximum atomic E-state index is 12.7. The van der Waals surface area contributed by atoms with Gasteiger partial charge >= 0.3 is 0 Å². The monoisotopic (exact) mass is 504 g/mol. The smallest absolute Gasteiger partial charge is 0.255 e. The highest BCUT2D eigenvalue weighted by Gasteiger charge is 2.13. The third-order valence-electron chi connectivity index (χ3n) is 6.04. The highest BCUT2D eigenvalue weighted by Crippen LogP contribution is 2.22. The molecule has 3 rings (SSSR count). The van der Waals surface area contributed by atoms with Gasteiger partial charge in [-0.2, -0.15) is 0 Å². The van der Waals surface area contributed by atoms with Gasteiger partial charge in [-0.05, 0) is 80.7 Å². The molecule has 7 heteroatoms. The number of nitrogens with zero attached hydrogens (tertiary/aromatic N) is 2. The Balaban J connectivity index is 0.000000604. The summed E-state index contributed by atoms with van der Waals surface area (Å²) in [4.78, 5) is 29.7. The number of carbonyl (C=O) groups is 2. The summed E-state index contributed by atoms with van der Waals surface area (Å²) in [5.74, 6) is 0.0866. The summed E-state index contributed by atoms with van der Waals surface area (Å²) < 4.78 is 5.17. The number of rotatable bonds is 9. The molecule has 0 saturated heterocycles. The molecule has 0 saturated carbocycles. The molecule has 0 spiro atoms. The quantitative estimate of drug-likeness (QED) is 0.378. The molecule has 0 heterocycles. The molecule has 3 aromatic rings. The molecule has 0 aliphatic rings. The molecule has 7 nitrogen and oxygen atoms in total. The minimum absolute atomic E-state index is 0.247. The van der Waals surface area contributed by atoms with Crippen molar-refractivity contribution < 1.29 is 14.3 Å². The number of benzene rings is 3. The summed E-state index contributed by atoms with van der Waals surface area (Å²) in [5.41, 5.74) is 4.06. The highest BCUT2D eigenvalue weighted by molar-refractivity contribution is 6.08. The number of methoxy groups -OCH3 is 1. The van der Waals surface area contributed by atoms with Gasteiger partial charge in [-0.15, -0.1) is 0 Å². The summed E-state index contributed by atoms with van der Waals surface area (Å²) in [7, 11) is 5.44. The minimum Gasteiger partial charge on any atom is -0.497 e. The van der Waals surface area contributed by atoms with E-state index in [1.165, 1.54) is 19.6 Å². The molecule has 0 unspecified atom stereocenters. The van der Waals surface area contributed by atoms with Crippen LogP contribution in [0.15, 0.2) is 66.7 Å². The van der Waals surface area contributed by atoms with Gasteiger partial charge in [-0.25, -0.2) is 0 Å². The first kappa shape index (κ1) is 29.4. The number of carbonyl (C=O) groups excluding carboxylic acids is 2. The molecule has 0 bridgehead atoms. The normalized spacial score (nSPS) is 10.3. The molecule has 2 amide bonds.